The van der Waals surface area contributed by atoms with Crippen molar-refractivity contribution in [2.45, 2.75) is 44.1 Å². The summed E-state index contributed by atoms with van der Waals surface area (Å²) in [6, 6.07) is 0. The molecule has 2 heteroatoms. The second kappa shape index (κ2) is 3.21. The highest BCUT2D eigenvalue weighted by Crippen LogP contribution is 2.48. The highest BCUT2D eigenvalue weighted by molar-refractivity contribution is 5.01. The fourth-order valence-corrected chi connectivity index (χ4v) is 2.59. The van der Waals surface area contributed by atoms with Crippen molar-refractivity contribution in [2.24, 2.45) is 23.5 Å². The molecular formula is C12H22N2. The lowest BCUT2D eigenvalue weighted by Crippen LogP contribution is -2.38. The van der Waals surface area contributed by atoms with Gasteiger partial charge in [-0.05, 0) is 62.8 Å². The third-order valence-corrected chi connectivity index (χ3v) is 4.20. The van der Waals surface area contributed by atoms with Gasteiger partial charge in [0.05, 0.1) is 0 Å². The van der Waals surface area contributed by atoms with Crippen molar-refractivity contribution in [1.82, 2.24) is 5.32 Å². The number of hydrogen-bond donors (Lipinski definition) is 2. The highest BCUT2D eigenvalue weighted by Gasteiger charge is 2.42. The van der Waals surface area contributed by atoms with Gasteiger partial charge in [0, 0.05) is 12.1 Å². The van der Waals surface area contributed by atoms with Crippen molar-refractivity contribution in [3.05, 3.63) is 0 Å². The zero-order chi connectivity index (χ0) is 9.60. The Morgan fingerprint density at radius 1 is 1.14 bits per heavy atom. The van der Waals surface area contributed by atoms with Crippen molar-refractivity contribution in [1.29, 1.82) is 0 Å². The van der Waals surface area contributed by atoms with Gasteiger partial charge < -0.3 is 11.1 Å². The first-order valence-electron chi connectivity index (χ1n) is 6.26. The molecule has 0 atom stereocenters. The quantitative estimate of drug-likeness (QED) is 0.672. The molecule has 0 heterocycles. The Labute approximate surface area is 86.6 Å². The minimum Gasteiger partial charge on any atom is -0.324 e. The lowest BCUT2D eigenvalue weighted by atomic mass is 9.98. The van der Waals surface area contributed by atoms with Crippen LogP contribution in [-0.2, 0) is 0 Å². The summed E-state index contributed by atoms with van der Waals surface area (Å²) in [5.41, 5.74) is 6.25. The predicted octanol–water partition coefficient (Wildman–Crippen LogP) is 1.50. The molecule has 0 amide bonds. The maximum absolute atomic E-state index is 6.05. The summed E-state index contributed by atoms with van der Waals surface area (Å²) in [4.78, 5) is 0. The van der Waals surface area contributed by atoms with E-state index in [1.807, 2.05) is 0 Å². The smallest absolute Gasteiger partial charge is 0.0282 e. The van der Waals surface area contributed by atoms with E-state index in [0.29, 0.717) is 0 Å². The molecule has 3 fully saturated rings. The average Bonchev–Trinajstić information content (AvgIpc) is 2.92. The lowest BCUT2D eigenvalue weighted by Gasteiger charge is -2.18. The first kappa shape index (κ1) is 9.17. The fourth-order valence-electron chi connectivity index (χ4n) is 2.59. The Hall–Kier alpha value is -0.0800. The molecule has 3 saturated carbocycles. The Bertz CT molecular complexity index is 202. The normalized spacial score (nSPS) is 29.6. The molecule has 0 unspecified atom stereocenters. The zero-order valence-electron chi connectivity index (χ0n) is 8.97. The van der Waals surface area contributed by atoms with E-state index in [1.165, 1.54) is 45.1 Å². The van der Waals surface area contributed by atoms with Gasteiger partial charge in [-0.15, -0.1) is 0 Å². The number of hydrogen-bond acceptors (Lipinski definition) is 2. The van der Waals surface area contributed by atoms with Crippen molar-refractivity contribution >= 4 is 0 Å². The van der Waals surface area contributed by atoms with Gasteiger partial charge in [-0.1, -0.05) is 0 Å². The second-order valence-corrected chi connectivity index (χ2v) is 5.83. The van der Waals surface area contributed by atoms with Gasteiger partial charge in [0.1, 0.15) is 0 Å². The first-order chi connectivity index (χ1) is 6.77. The molecule has 0 aromatic rings. The predicted molar refractivity (Wildman–Crippen MR) is 58.0 cm³/mol. The molecule has 0 radical (unpaired) electrons. The molecule has 3 N–H and O–H groups in total. The van der Waals surface area contributed by atoms with E-state index in [0.717, 1.165) is 24.3 Å². The summed E-state index contributed by atoms with van der Waals surface area (Å²) in [6.07, 6.45) is 8.45. The molecule has 14 heavy (non-hydrogen) atoms. The van der Waals surface area contributed by atoms with Crippen LogP contribution in [0, 0.1) is 17.8 Å². The molecule has 0 aromatic carbocycles. The summed E-state index contributed by atoms with van der Waals surface area (Å²) >= 11 is 0. The zero-order valence-corrected chi connectivity index (χ0v) is 8.97. The SMILES string of the molecule is NC1(CNCC(C2CC2)C2CC2)CC1. The van der Waals surface area contributed by atoms with E-state index < -0.39 is 0 Å². The topological polar surface area (TPSA) is 38.0 Å². The standard InChI is InChI=1S/C12H22N2/c13-12(5-6-12)8-14-7-11(9-1-2-9)10-3-4-10/h9-11,14H,1-8,13H2. The van der Waals surface area contributed by atoms with E-state index in [1.54, 1.807) is 0 Å². The van der Waals surface area contributed by atoms with Gasteiger partial charge in [0.15, 0.2) is 0 Å². The molecular weight excluding hydrogens is 172 g/mol. The van der Waals surface area contributed by atoms with Crippen molar-refractivity contribution in [3.63, 3.8) is 0 Å². The van der Waals surface area contributed by atoms with Crippen LogP contribution in [0.1, 0.15) is 38.5 Å². The van der Waals surface area contributed by atoms with Gasteiger partial charge in [-0.25, -0.2) is 0 Å². The number of rotatable bonds is 6. The van der Waals surface area contributed by atoms with Crippen molar-refractivity contribution in [3.8, 4) is 0 Å². The molecule has 80 valence electrons. The summed E-state index contributed by atoms with van der Waals surface area (Å²) in [6.45, 7) is 2.30. The van der Waals surface area contributed by atoms with Crippen LogP contribution in [0.25, 0.3) is 0 Å². The van der Waals surface area contributed by atoms with Crippen LogP contribution in [-0.4, -0.2) is 18.6 Å². The van der Waals surface area contributed by atoms with Crippen molar-refractivity contribution < 1.29 is 0 Å². The van der Waals surface area contributed by atoms with Crippen LogP contribution in [0.5, 0.6) is 0 Å². The maximum atomic E-state index is 6.05. The Kier molecular flexibility index (Phi) is 2.10. The Morgan fingerprint density at radius 3 is 2.14 bits per heavy atom. The summed E-state index contributed by atoms with van der Waals surface area (Å²) < 4.78 is 0. The average molecular weight is 194 g/mol. The van der Waals surface area contributed by atoms with Crippen LogP contribution in [0.3, 0.4) is 0 Å². The first-order valence-corrected chi connectivity index (χ1v) is 6.26. The van der Waals surface area contributed by atoms with Gasteiger partial charge in [0.25, 0.3) is 0 Å². The van der Waals surface area contributed by atoms with Gasteiger partial charge in [-0.3, -0.25) is 0 Å². The van der Waals surface area contributed by atoms with Crippen molar-refractivity contribution in [2.75, 3.05) is 13.1 Å². The second-order valence-electron chi connectivity index (χ2n) is 5.83. The van der Waals surface area contributed by atoms with Crippen LogP contribution >= 0.6 is 0 Å². The Balaban J connectivity index is 1.40. The van der Waals surface area contributed by atoms with Crippen LogP contribution in [0.15, 0.2) is 0 Å². The summed E-state index contributed by atoms with van der Waals surface area (Å²) in [7, 11) is 0. The fraction of sp³-hybridized carbons (Fsp3) is 1.00. The van der Waals surface area contributed by atoms with E-state index in [2.05, 4.69) is 5.32 Å². The van der Waals surface area contributed by atoms with E-state index in [-0.39, 0.29) is 5.54 Å². The minimum absolute atomic E-state index is 0.192. The molecule has 2 nitrogen and oxygen atoms in total. The van der Waals surface area contributed by atoms with Gasteiger partial charge in [-0.2, -0.15) is 0 Å². The third kappa shape index (κ3) is 2.12. The maximum Gasteiger partial charge on any atom is 0.0282 e. The number of nitrogens with one attached hydrogen (secondary N) is 1. The van der Waals surface area contributed by atoms with Crippen LogP contribution in [0.4, 0.5) is 0 Å². The molecule has 3 rings (SSSR count). The molecule has 0 aromatic heterocycles. The van der Waals surface area contributed by atoms with Crippen LogP contribution < -0.4 is 11.1 Å². The minimum atomic E-state index is 0.192. The molecule has 0 bridgehead atoms. The molecule has 3 aliphatic rings. The third-order valence-electron chi connectivity index (χ3n) is 4.20. The summed E-state index contributed by atoms with van der Waals surface area (Å²) in [5.74, 6) is 3.14. The van der Waals surface area contributed by atoms with E-state index in [9.17, 15) is 0 Å². The van der Waals surface area contributed by atoms with E-state index >= 15 is 0 Å². The monoisotopic (exact) mass is 194 g/mol. The molecule has 3 aliphatic carbocycles. The number of nitrogens with two attached hydrogens (primary N) is 1. The highest BCUT2D eigenvalue weighted by atomic mass is 15.0. The van der Waals surface area contributed by atoms with Gasteiger partial charge >= 0.3 is 0 Å². The molecule has 0 aliphatic heterocycles. The summed E-state index contributed by atoms with van der Waals surface area (Å²) in [5, 5.41) is 3.61. The van der Waals surface area contributed by atoms with Crippen LogP contribution in [0.2, 0.25) is 0 Å². The van der Waals surface area contributed by atoms with E-state index in [4.69, 9.17) is 5.73 Å². The Morgan fingerprint density at radius 2 is 1.71 bits per heavy atom. The molecule has 0 spiro atoms. The lowest BCUT2D eigenvalue weighted by molar-refractivity contribution is 0.371. The largest absolute Gasteiger partial charge is 0.324 e. The molecule has 0 saturated heterocycles. The van der Waals surface area contributed by atoms with Gasteiger partial charge in [0.2, 0.25) is 0 Å².